The third-order valence-corrected chi connectivity index (χ3v) is 7.41. The fraction of sp³-hybridized carbons (Fsp3) is 0.632. The summed E-state index contributed by atoms with van der Waals surface area (Å²) >= 11 is 0. The molecule has 0 spiro atoms. The number of ether oxygens (including phenoxy) is 2. The van der Waals surface area contributed by atoms with Crippen LogP contribution in [0.15, 0.2) is 18.2 Å². The predicted octanol–water partition coefficient (Wildman–Crippen LogP) is 1.24. The summed E-state index contributed by atoms with van der Waals surface area (Å²) in [6.45, 7) is 8.07. The van der Waals surface area contributed by atoms with E-state index in [0.29, 0.717) is 56.5 Å². The number of carbonyl (C=O) groups excluding carboxylic acids is 1. The monoisotopic (exact) mass is 428 g/mol. The number of nitrogens with zero attached hydrogens (tertiary/aromatic N) is 3. The number of piperazine rings is 1. The Labute approximate surface area is 173 Å². The van der Waals surface area contributed by atoms with E-state index in [4.69, 9.17) is 9.47 Å². The fourth-order valence-corrected chi connectivity index (χ4v) is 4.95. The minimum Gasteiger partial charge on any atom is -0.497 e. The second-order valence-electron chi connectivity index (χ2n) is 6.76. The van der Waals surface area contributed by atoms with E-state index in [1.165, 1.54) is 15.7 Å². The molecule has 0 saturated carbocycles. The molecule has 29 heavy (non-hydrogen) atoms. The topological polar surface area (TPSA) is 91.4 Å². The molecule has 9 nitrogen and oxygen atoms in total. The number of rotatable bonds is 9. The van der Waals surface area contributed by atoms with Crippen LogP contribution in [0.25, 0.3) is 0 Å². The number of carbonyl (C=O) groups is 1. The van der Waals surface area contributed by atoms with Crippen molar-refractivity contribution in [3.8, 4) is 11.5 Å². The largest absolute Gasteiger partial charge is 0.497 e. The van der Waals surface area contributed by atoms with Crippen molar-refractivity contribution in [2.45, 2.75) is 26.8 Å². The molecule has 1 N–H and O–H groups in total. The van der Waals surface area contributed by atoms with E-state index < -0.39 is 16.3 Å². The number of methoxy groups -OCH3 is 2. The molecule has 1 unspecified atom stereocenters. The number of hydrogen-bond acceptors (Lipinski definition) is 6. The Kier molecular flexibility index (Phi) is 8.26. The number of anilines is 1. The summed E-state index contributed by atoms with van der Waals surface area (Å²) in [6.07, 6.45) is 0. The van der Waals surface area contributed by atoms with Gasteiger partial charge in [-0.3, -0.25) is 9.69 Å². The highest BCUT2D eigenvalue weighted by atomic mass is 32.2. The van der Waals surface area contributed by atoms with E-state index in [1.807, 2.05) is 25.7 Å². The lowest BCUT2D eigenvalue weighted by molar-refractivity contribution is -0.121. The Morgan fingerprint density at radius 1 is 1.14 bits per heavy atom. The maximum absolute atomic E-state index is 12.8. The standard InChI is InChI=1S/C19H32N4O5S/c1-6-22(7-2)29(25,26)23-12-10-21(11-13-23)15(3)19(24)20-17-14-16(27-4)8-9-18(17)28-5/h8-9,14-15H,6-7,10-13H2,1-5H3,(H,20,24). The SMILES string of the molecule is CCN(CC)S(=O)(=O)N1CCN(C(C)C(=O)Nc2cc(OC)ccc2OC)CC1. The molecular formula is C19H32N4O5S. The number of benzene rings is 1. The van der Waals surface area contributed by atoms with E-state index in [0.717, 1.165) is 0 Å². The minimum atomic E-state index is -3.45. The summed E-state index contributed by atoms with van der Waals surface area (Å²) < 4.78 is 38.8. The van der Waals surface area contributed by atoms with Crippen molar-refractivity contribution in [2.75, 3.05) is 58.8 Å². The Morgan fingerprint density at radius 2 is 1.76 bits per heavy atom. The second kappa shape index (κ2) is 10.2. The number of amides is 1. The molecule has 1 aromatic carbocycles. The van der Waals surface area contributed by atoms with Gasteiger partial charge in [0.05, 0.1) is 25.9 Å². The van der Waals surface area contributed by atoms with Gasteiger partial charge in [0.1, 0.15) is 11.5 Å². The van der Waals surface area contributed by atoms with Gasteiger partial charge in [-0.2, -0.15) is 17.0 Å². The van der Waals surface area contributed by atoms with Gasteiger partial charge in [-0.25, -0.2) is 0 Å². The Balaban J connectivity index is 2.00. The average molecular weight is 429 g/mol. The van der Waals surface area contributed by atoms with Crippen LogP contribution in [0.1, 0.15) is 20.8 Å². The molecule has 0 aliphatic carbocycles. The van der Waals surface area contributed by atoms with Crippen molar-refractivity contribution in [2.24, 2.45) is 0 Å². The molecular weight excluding hydrogens is 396 g/mol. The lowest BCUT2D eigenvalue weighted by Gasteiger charge is -2.38. The smallest absolute Gasteiger partial charge is 0.282 e. The number of nitrogens with one attached hydrogen (secondary N) is 1. The van der Waals surface area contributed by atoms with Gasteiger partial charge in [-0.05, 0) is 19.1 Å². The third-order valence-electron chi connectivity index (χ3n) is 5.22. The zero-order valence-electron chi connectivity index (χ0n) is 17.8. The van der Waals surface area contributed by atoms with Crippen molar-refractivity contribution < 1.29 is 22.7 Å². The molecule has 1 heterocycles. The van der Waals surface area contributed by atoms with Gasteiger partial charge in [0.15, 0.2) is 0 Å². The summed E-state index contributed by atoms with van der Waals surface area (Å²) in [4.78, 5) is 14.8. The highest BCUT2D eigenvalue weighted by Gasteiger charge is 2.33. The molecule has 1 aliphatic rings. The molecule has 1 fully saturated rings. The van der Waals surface area contributed by atoms with E-state index in [2.05, 4.69) is 5.32 Å². The molecule has 1 amide bonds. The highest BCUT2D eigenvalue weighted by Crippen LogP contribution is 2.29. The first-order chi connectivity index (χ1) is 13.8. The summed E-state index contributed by atoms with van der Waals surface area (Å²) in [5, 5.41) is 2.89. The van der Waals surface area contributed by atoms with E-state index >= 15 is 0 Å². The fourth-order valence-electron chi connectivity index (χ4n) is 3.35. The summed E-state index contributed by atoms with van der Waals surface area (Å²) in [7, 11) is -0.354. The molecule has 1 saturated heterocycles. The molecule has 0 radical (unpaired) electrons. The number of hydrogen-bond donors (Lipinski definition) is 1. The molecule has 0 aromatic heterocycles. The minimum absolute atomic E-state index is 0.184. The average Bonchev–Trinajstić information content (AvgIpc) is 2.73. The van der Waals surface area contributed by atoms with E-state index in [9.17, 15) is 13.2 Å². The Morgan fingerprint density at radius 3 is 2.28 bits per heavy atom. The van der Waals surface area contributed by atoms with E-state index in [-0.39, 0.29) is 5.91 Å². The molecule has 2 rings (SSSR count). The van der Waals surface area contributed by atoms with Crippen LogP contribution >= 0.6 is 0 Å². The lowest BCUT2D eigenvalue weighted by Crippen LogP contribution is -2.56. The molecule has 1 aliphatic heterocycles. The van der Waals surface area contributed by atoms with Gasteiger partial charge in [-0.1, -0.05) is 13.8 Å². The van der Waals surface area contributed by atoms with Crippen LogP contribution in [-0.4, -0.2) is 87.4 Å². The summed E-state index contributed by atoms with van der Waals surface area (Å²) in [6, 6.07) is 4.78. The molecule has 0 bridgehead atoms. The lowest BCUT2D eigenvalue weighted by atomic mass is 10.2. The van der Waals surface area contributed by atoms with Gasteiger partial charge in [0.2, 0.25) is 5.91 Å². The first-order valence-electron chi connectivity index (χ1n) is 9.80. The zero-order chi connectivity index (χ0) is 21.6. The van der Waals surface area contributed by atoms with Crippen LogP contribution in [0.2, 0.25) is 0 Å². The van der Waals surface area contributed by atoms with Crippen molar-refractivity contribution in [3.05, 3.63) is 18.2 Å². The van der Waals surface area contributed by atoms with Crippen LogP contribution in [0.4, 0.5) is 5.69 Å². The van der Waals surface area contributed by atoms with Crippen LogP contribution in [0.5, 0.6) is 11.5 Å². The Hall–Kier alpha value is -1.88. The highest BCUT2D eigenvalue weighted by molar-refractivity contribution is 7.86. The normalized spacial score (nSPS) is 17.2. The van der Waals surface area contributed by atoms with Gasteiger partial charge in [0, 0.05) is 45.3 Å². The predicted molar refractivity (Wildman–Crippen MR) is 113 cm³/mol. The maximum Gasteiger partial charge on any atom is 0.282 e. The van der Waals surface area contributed by atoms with Crippen LogP contribution in [-0.2, 0) is 15.0 Å². The van der Waals surface area contributed by atoms with Crippen molar-refractivity contribution >= 4 is 21.8 Å². The molecule has 10 heteroatoms. The van der Waals surface area contributed by atoms with Gasteiger partial charge in [-0.15, -0.1) is 0 Å². The first-order valence-corrected chi connectivity index (χ1v) is 11.2. The quantitative estimate of drug-likeness (QED) is 0.636. The molecule has 164 valence electrons. The van der Waals surface area contributed by atoms with Crippen molar-refractivity contribution in [1.29, 1.82) is 0 Å². The van der Waals surface area contributed by atoms with E-state index in [1.54, 1.807) is 25.3 Å². The zero-order valence-corrected chi connectivity index (χ0v) is 18.7. The van der Waals surface area contributed by atoms with Gasteiger partial charge >= 0.3 is 0 Å². The molecule has 1 atom stereocenters. The van der Waals surface area contributed by atoms with Gasteiger partial charge < -0.3 is 14.8 Å². The van der Waals surface area contributed by atoms with Gasteiger partial charge in [0.25, 0.3) is 10.2 Å². The molecule has 1 aromatic rings. The maximum atomic E-state index is 12.8. The van der Waals surface area contributed by atoms with Crippen LogP contribution in [0.3, 0.4) is 0 Å². The van der Waals surface area contributed by atoms with Crippen molar-refractivity contribution in [3.63, 3.8) is 0 Å². The van der Waals surface area contributed by atoms with Crippen LogP contribution < -0.4 is 14.8 Å². The van der Waals surface area contributed by atoms with Crippen LogP contribution in [0, 0.1) is 0 Å². The summed E-state index contributed by atoms with van der Waals surface area (Å²) in [5.74, 6) is 0.974. The second-order valence-corrected chi connectivity index (χ2v) is 8.69. The summed E-state index contributed by atoms with van der Waals surface area (Å²) in [5.41, 5.74) is 0.534. The third kappa shape index (κ3) is 5.39. The first kappa shape index (κ1) is 23.4. The van der Waals surface area contributed by atoms with Crippen molar-refractivity contribution in [1.82, 2.24) is 13.5 Å². The Bertz CT molecular complexity index is 790.